The van der Waals surface area contributed by atoms with Crippen molar-refractivity contribution in [2.45, 2.75) is 24.8 Å². The van der Waals surface area contributed by atoms with Crippen LogP contribution in [-0.2, 0) is 0 Å². The van der Waals surface area contributed by atoms with E-state index in [1.165, 1.54) is 5.56 Å². The summed E-state index contributed by atoms with van der Waals surface area (Å²) in [5.41, 5.74) is 14.2. The lowest BCUT2D eigenvalue weighted by Gasteiger charge is -2.23. The van der Waals surface area contributed by atoms with E-state index < -0.39 is 0 Å². The van der Waals surface area contributed by atoms with Gasteiger partial charge in [0.2, 0.25) is 0 Å². The summed E-state index contributed by atoms with van der Waals surface area (Å²) in [5.74, 6) is 0.153. The van der Waals surface area contributed by atoms with E-state index in [0.717, 1.165) is 18.5 Å². The first-order valence-electron chi connectivity index (χ1n) is 6.31. The molecule has 2 atom stereocenters. The van der Waals surface area contributed by atoms with Crippen molar-refractivity contribution in [3.05, 3.63) is 54.1 Å². The normalized spacial score (nSPS) is 14.3. The maximum atomic E-state index is 6.32. The van der Waals surface area contributed by atoms with Crippen LogP contribution in [0.25, 0.3) is 0 Å². The minimum atomic E-state index is 0.0522. The molecule has 4 nitrogen and oxygen atoms in total. The van der Waals surface area contributed by atoms with Crippen LogP contribution in [0.4, 0.5) is 0 Å². The number of nitrogens with two attached hydrogens (primary N) is 2. The third-order valence-corrected chi connectivity index (χ3v) is 3.18. The molecule has 0 fully saturated rings. The number of benzene rings is 1. The fourth-order valence-electron chi connectivity index (χ4n) is 2.27. The number of imidazole rings is 1. The average Bonchev–Trinajstić information content (AvgIpc) is 2.92. The number of nitrogens with one attached hydrogen (secondary N) is 1. The molecule has 0 aliphatic rings. The lowest BCUT2D eigenvalue weighted by atomic mass is 9.87. The minimum absolute atomic E-state index is 0.0522. The molecule has 2 rings (SSSR count). The van der Waals surface area contributed by atoms with Crippen LogP contribution < -0.4 is 11.5 Å². The van der Waals surface area contributed by atoms with Gasteiger partial charge in [-0.15, -0.1) is 0 Å². The molecule has 0 aliphatic carbocycles. The van der Waals surface area contributed by atoms with Crippen molar-refractivity contribution >= 4 is 0 Å². The summed E-state index contributed by atoms with van der Waals surface area (Å²) in [4.78, 5) is 7.27. The first-order valence-corrected chi connectivity index (χ1v) is 6.31. The standard InChI is InChI=1S/C14H20N4/c15-8-4-7-12(16)14(13-9-17-10-18-13)11-5-2-1-3-6-11/h1-3,5-6,9-10,12,14H,4,7-8,15-16H2,(H,17,18). The van der Waals surface area contributed by atoms with Gasteiger partial charge in [0.1, 0.15) is 0 Å². The van der Waals surface area contributed by atoms with Crippen LogP contribution in [0.1, 0.15) is 30.0 Å². The zero-order valence-corrected chi connectivity index (χ0v) is 10.4. The Bertz CT molecular complexity index is 438. The van der Waals surface area contributed by atoms with Crippen LogP contribution >= 0.6 is 0 Å². The van der Waals surface area contributed by atoms with Gasteiger partial charge in [-0.2, -0.15) is 0 Å². The molecule has 0 aliphatic heterocycles. The summed E-state index contributed by atoms with van der Waals surface area (Å²) in [5, 5.41) is 0. The summed E-state index contributed by atoms with van der Waals surface area (Å²) in [6.07, 6.45) is 5.40. The van der Waals surface area contributed by atoms with Crippen LogP contribution in [0, 0.1) is 0 Å². The Morgan fingerprint density at radius 2 is 2.00 bits per heavy atom. The molecule has 0 amide bonds. The van der Waals surface area contributed by atoms with Gasteiger partial charge in [-0.1, -0.05) is 30.3 Å². The molecule has 2 aromatic rings. The summed E-state index contributed by atoms with van der Waals surface area (Å²) < 4.78 is 0. The van der Waals surface area contributed by atoms with E-state index in [0.29, 0.717) is 6.54 Å². The van der Waals surface area contributed by atoms with Crippen molar-refractivity contribution in [2.24, 2.45) is 11.5 Å². The van der Waals surface area contributed by atoms with E-state index in [9.17, 15) is 0 Å². The second-order valence-electron chi connectivity index (χ2n) is 4.49. The Balaban J connectivity index is 2.24. The van der Waals surface area contributed by atoms with Gasteiger partial charge >= 0.3 is 0 Å². The maximum Gasteiger partial charge on any atom is 0.0921 e. The topological polar surface area (TPSA) is 80.7 Å². The highest BCUT2D eigenvalue weighted by atomic mass is 14.9. The average molecular weight is 244 g/mol. The van der Waals surface area contributed by atoms with Gasteiger partial charge in [0.25, 0.3) is 0 Å². The number of nitrogens with zero attached hydrogens (tertiary/aromatic N) is 1. The minimum Gasteiger partial charge on any atom is -0.348 e. The predicted molar refractivity (Wildman–Crippen MR) is 73.1 cm³/mol. The van der Waals surface area contributed by atoms with Crippen molar-refractivity contribution in [1.82, 2.24) is 9.97 Å². The van der Waals surface area contributed by atoms with E-state index in [1.807, 2.05) is 24.4 Å². The first kappa shape index (κ1) is 12.8. The van der Waals surface area contributed by atoms with Crippen molar-refractivity contribution < 1.29 is 0 Å². The van der Waals surface area contributed by atoms with Crippen molar-refractivity contribution in [1.29, 1.82) is 0 Å². The largest absolute Gasteiger partial charge is 0.348 e. The molecular formula is C14H20N4. The highest BCUT2D eigenvalue weighted by Gasteiger charge is 2.22. The van der Waals surface area contributed by atoms with Crippen LogP contribution in [0.15, 0.2) is 42.9 Å². The lowest BCUT2D eigenvalue weighted by molar-refractivity contribution is 0.527. The van der Waals surface area contributed by atoms with E-state index in [4.69, 9.17) is 11.5 Å². The number of hydrogen-bond donors (Lipinski definition) is 3. The predicted octanol–water partition coefficient (Wildman–Crippen LogP) is 1.61. The van der Waals surface area contributed by atoms with Gasteiger partial charge < -0.3 is 16.5 Å². The highest BCUT2D eigenvalue weighted by Crippen LogP contribution is 2.27. The van der Waals surface area contributed by atoms with E-state index in [1.54, 1.807) is 6.33 Å². The molecule has 18 heavy (non-hydrogen) atoms. The van der Waals surface area contributed by atoms with Gasteiger partial charge in [0.05, 0.1) is 6.33 Å². The number of aromatic nitrogens is 2. The Labute approximate surface area is 107 Å². The smallest absolute Gasteiger partial charge is 0.0921 e. The summed E-state index contributed by atoms with van der Waals surface area (Å²) >= 11 is 0. The molecule has 1 aromatic carbocycles. The van der Waals surface area contributed by atoms with Crippen LogP contribution in [0.5, 0.6) is 0 Å². The Morgan fingerprint density at radius 1 is 1.22 bits per heavy atom. The molecule has 4 heteroatoms. The second kappa shape index (κ2) is 6.33. The highest BCUT2D eigenvalue weighted by molar-refractivity contribution is 5.29. The van der Waals surface area contributed by atoms with Crippen LogP contribution in [0.3, 0.4) is 0 Å². The molecule has 0 spiro atoms. The van der Waals surface area contributed by atoms with Gasteiger partial charge in [-0.05, 0) is 24.9 Å². The quantitative estimate of drug-likeness (QED) is 0.722. The molecule has 0 saturated carbocycles. The fraction of sp³-hybridized carbons (Fsp3) is 0.357. The van der Waals surface area contributed by atoms with Crippen molar-refractivity contribution in [2.75, 3.05) is 6.54 Å². The van der Waals surface area contributed by atoms with Crippen LogP contribution in [0.2, 0.25) is 0 Å². The monoisotopic (exact) mass is 244 g/mol. The zero-order chi connectivity index (χ0) is 12.8. The molecule has 1 heterocycles. The molecular weight excluding hydrogens is 224 g/mol. The van der Waals surface area contributed by atoms with Gasteiger partial charge in [0, 0.05) is 23.9 Å². The van der Waals surface area contributed by atoms with Crippen LogP contribution in [-0.4, -0.2) is 22.6 Å². The second-order valence-corrected chi connectivity index (χ2v) is 4.49. The molecule has 5 N–H and O–H groups in total. The Kier molecular flexibility index (Phi) is 4.50. The summed E-state index contributed by atoms with van der Waals surface area (Å²) in [7, 11) is 0. The van der Waals surface area contributed by atoms with Gasteiger partial charge in [0.15, 0.2) is 0 Å². The molecule has 0 bridgehead atoms. The number of aromatic amines is 1. The van der Waals surface area contributed by atoms with Gasteiger partial charge in [-0.25, -0.2) is 4.98 Å². The fourth-order valence-corrected chi connectivity index (χ4v) is 2.27. The number of H-pyrrole nitrogens is 1. The molecule has 0 radical (unpaired) electrons. The van der Waals surface area contributed by atoms with E-state index in [2.05, 4.69) is 22.1 Å². The maximum absolute atomic E-state index is 6.32. The molecule has 96 valence electrons. The third kappa shape index (κ3) is 2.97. The Morgan fingerprint density at radius 3 is 2.61 bits per heavy atom. The Hall–Kier alpha value is -1.65. The number of rotatable bonds is 6. The first-order chi connectivity index (χ1) is 8.83. The SMILES string of the molecule is NCCCC(N)C(c1ccccc1)c1cnc[nH]1. The molecule has 2 unspecified atom stereocenters. The van der Waals surface area contributed by atoms with E-state index in [-0.39, 0.29) is 12.0 Å². The molecule has 1 aromatic heterocycles. The number of hydrogen-bond acceptors (Lipinski definition) is 3. The molecule has 0 saturated heterocycles. The lowest BCUT2D eigenvalue weighted by Crippen LogP contribution is -2.30. The zero-order valence-electron chi connectivity index (χ0n) is 10.4. The summed E-state index contributed by atoms with van der Waals surface area (Å²) in [6, 6.07) is 10.3. The summed E-state index contributed by atoms with van der Waals surface area (Å²) in [6.45, 7) is 0.679. The van der Waals surface area contributed by atoms with E-state index >= 15 is 0 Å². The van der Waals surface area contributed by atoms with Crippen molar-refractivity contribution in [3.8, 4) is 0 Å². The van der Waals surface area contributed by atoms with Crippen molar-refractivity contribution in [3.63, 3.8) is 0 Å². The van der Waals surface area contributed by atoms with Gasteiger partial charge in [-0.3, -0.25) is 0 Å². The third-order valence-electron chi connectivity index (χ3n) is 3.18.